The molecule has 0 spiro atoms. The summed E-state index contributed by atoms with van der Waals surface area (Å²) in [6, 6.07) is 5.57. The van der Waals surface area contributed by atoms with Crippen molar-refractivity contribution in [2.45, 2.75) is 0 Å². The Labute approximate surface area is 92.7 Å². The van der Waals surface area contributed by atoms with E-state index in [1.54, 1.807) is 31.8 Å². The largest absolute Gasteiger partial charge is 0.495 e. The van der Waals surface area contributed by atoms with E-state index in [9.17, 15) is 0 Å². The van der Waals surface area contributed by atoms with Crippen molar-refractivity contribution in [1.82, 2.24) is 9.97 Å². The molecule has 0 N–H and O–H groups in total. The summed E-state index contributed by atoms with van der Waals surface area (Å²) in [4.78, 5) is 7.99. The van der Waals surface area contributed by atoms with E-state index >= 15 is 0 Å². The summed E-state index contributed by atoms with van der Waals surface area (Å²) in [5.41, 5.74) is 1.93. The van der Waals surface area contributed by atoms with Crippen molar-refractivity contribution in [1.29, 1.82) is 0 Å². The highest BCUT2D eigenvalue weighted by atomic mass is 35.5. The third-order valence-corrected chi connectivity index (χ3v) is 2.22. The van der Waals surface area contributed by atoms with Crippen LogP contribution in [0.3, 0.4) is 0 Å². The van der Waals surface area contributed by atoms with Crippen LogP contribution in [0.15, 0.2) is 36.8 Å². The molecule has 0 amide bonds. The summed E-state index contributed by atoms with van der Waals surface area (Å²) in [7, 11) is 1.61. The third-order valence-electron chi connectivity index (χ3n) is 2.01. The fourth-order valence-corrected chi connectivity index (χ4v) is 1.44. The van der Waals surface area contributed by atoms with E-state index < -0.39 is 0 Å². The number of aromatic nitrogens is 2. The number of hydrogen-bond acceptors (Lipinski definition) is 3. The molecular weight excluding hydrogens is 212 g/mol. The predicted octanol–water partition coefficient (Wildman–Crippen LogP) is 2.81. The minimum absolute atomic E-state index is 0.468. The molecule has 0 unspecified atom stereocenters. The normalized spacial score (nSPS) is 10.0. The van der Waals surface area contributed by atoms with Crippen molar-refractivity contribution in [3.8, 4) is 16.9 Å². The molecule has 2 aromatic rings. The summed E-state index contributed by atoms with van der Waals surface area (Å²) < 4.78 is 5.10. The van der Waals surface area contributed by atoms with Crippen molar-refractivity contribution in [3.63, 3.8) is 0 Å². The zero-order chi connectivity index (χ0) is 10.7. The lowest BCUT2D eigenvalue weighted by molar-refractivity contribution is 0.413. The van der Waals surface area contributed by atoms with Crippen molar-refractivity contribution in [2.24, 2.45) is 0 Å². The average molecular weight is 221 g/mol. The molecule has 4 heteroatoms. The first-order valence-electron chi connectivity index (χ1n) is 4.40. The van der Waals surface area contributed by atoms with Gasteiger partial charge in [-0.05, 0) is 23.8 Å². The molecule has 0 saturated heterocycles. The van der Waals surface area contributed by atoms with Crippen LogP contribution in [0.2, 0.25) is 5.15 Å². The van der Waals surface area contributed by atoms with Crippen LogP contribution >= 0.6 is 11.6 Å². The van der Waals surface area contributed by atoms with Gasteiger partial charge in [0.2, 0.25) is 0 Å². The molecule has 0 radical (unpaired) electrons. The van der Waals surface area contributed by atoms with Gasteiger partial charge in [0, 0.05) is 18.0 Å². The van der Waals surface area contributed by atoms with Crippen molar-refractivity contribution in [2.75, 3.05) is 7.11 Å². The molecule has 0 aliphatic heterocycles. The molecule has 0 aromatic carbocycles. The minimum atomic E-state index is 0.468. The first kappa shape index (κ1) is 9.93. The fraction of sp³-hybridized carbons (Fsp3) is 0.0909. The van der Waals surface area contributed by atoms with Crippen LogP contribution in [0.5, 0.6) is 5.75 Å². The standard InChI is InChI=1S/C11H9ClN2O/c1-15-10-4-9(6-13-7-10)8-2-3-14-11(12)5-8/h2-7H,1H3. The van der Waals surface area contributed by atoms with Gasteiger partial charge in [-0.1, -0.05) is 11.6 Å². The summed E-state index contributed by atoms with van der Waals surface area (Å²) >= 11 is 5.81. The molecule has 2 rings (SSSR count). The van der Waals surface area contributed by atoms with Crippen LogP contribution in [0, 0.1) is 0 Å². The van der Waals surface area contributed by atoms with E-state index in [0.717, 1.165) is 16.9 Å². The maximum atomic E-state index is 5.81. The summed E-state index contributed by atoms with van der Waals surface area (Å²) in [5.74, 6) is 0.723. The smallest absolute Gasteiger partial charge is 0.137 e. The maximum Gasteiger partial charge on any atom is 0.137 e. The predicted molar refractivity (Wildman–Crippen MR) is 59.0 cm³/mol. The number of rotatable bonds is 2. The van der Waals surface area contributed by atoms with Crippen molar-refractivity contribution < 1.29 is 4.74 Å². The van der Waals surface area contributed by atoms with E-state index in [-0.39, 0.29) is 0 Å². The van der Waals surface area contributed by atoms with Gasteiger partial charge in [-0.2, -0.15) is 0 Å². The van der Waals surface area contributed by atoms with E-state index in [1.165, 1.54) is 0 Å². The Balaban J connectivity index is 2.44. The molecule has 0 aliphatic carbocycles. The quantitative estimate of drug-likeness (QED) is 0.730. The van der Waals surface area contributed by atoms with Crippen LogP contribution in [-0.4, -0.2) is 17.1 Å². The topological polar surface area (TPSA) is 35.0 Å². The average Bonchev–Trinajstić information content (AvgIpc) is 2.29. The molecule has 0 fully saturated rings. The lowest BCUT2D eigenvalue weighted by atomic mass is 10.1. The van der Waals surface area contributed by atoms with Gasteiger partial charge >= 0.3 is 0 Å². The van der Waals surface area contributed by atoms with E-state index in [0.29, 0.717) is 5.15 Å². The van der Waals surface area contributed by atoms with Crippen LogP contribution in [0.4, 0.5) is 0 Å². The minimum Gasteiger partial charge on any atom is -0.495 e. The Morgan fingerprint density at radius 1 is 1.20 bits per heavy atom. The SMILES string of the molecule is COc1cncc(-c2ccnc(Cl)c2)c1. The highest BCUT2D eigenvalue weighted by Gasteiger charge is 2.01. The second-order valence-corrected chi connectivity index (χ2v) is 3.37. The molecule has 3 nitrogen and oxygen atoms in total. The van der Waals surface area contributed by atoms with E-state index in [2.05, 4.69) is 9.97 Å². The zero-order valence-electron chi connectivity index (χ0n) is 8.14. The third kappa shape index (κ3) is 2.25. The van der Waals surface area contributed by atoms with Crippen LogP contribution < -0.4 is 4.74 Å². The monoisotopic (exact) mass is 220 g/mol. The second kappa shape index (κ2) is 4.28. The zero-order valence-corrected chi connectivity index (χ0v) is 8.90. The number of nitrogens with zero attached hydrogens (tertiary/aromatic N) is 2. The van der Waals surface area contributed by atoms with Crippen molar-refractivity contribution in [3.05, 3.63) is 41.9 Å². The van der Waals surface area contributed by atoms with Gasteiger partial charge < -0.3 is 4.74 Å². The van der Waals surface area contributed by atoms with E-state index in [1.807, 2.05) is 12.1 Å². The molecule has 0 saturated carbocycles. The molecule has 15 heavy (non-hydrogen) atoms. The van der Waals surface area contributed by atoms with Gasteiger partial charge in [-0.25, -0.2) is 4.98 Å². The fourth-order valence-electron chi connectivity index (χ4n) is 1.27. The Kier molecular flexibility index (Phi) is 2.83. The number of pyridine rings is 2. The Bertz CT molecular complexity index is 474. The Morgan fingerprint density at radius 2 is 2.07 bits per heavy atom. The van der Waals surface area contributed by atoms with Gasteiger partial charge in [-0.15, -0.1) is 0 Å². The second-order valence-electron chi connectivity index (χ2n) is 2.98. The van der Waals surface area contributed by atoms with Gasteiger partial charge in [0.15, 0.2) is 0 Å². The van der Waals surface area contributed by atoms with Crippen LogP contribution in [0.1, 0.15) is 0 Å². The number of ether oxygens (including phenoxy) is 1. The first-order valence-corrected chi connectivity index (χ1v) is 4.78. The number of halogens is 1. The van der Waals surface area contributed by atoms with Crippen molar-refractivity contribution >= 4 is 11.6 Å². The number of methoxy groups -OCH3 is 1. The van der Waals surface area contributed by atoms with Crippen LogP contribution in [0.25, 0.3) is 11.1 Å². The highest BCUT2D eigenvalue weighted by molar-refractivity contribution is 6.29. The highest BCUT2D eigenvalue weighted by Crippen LogP contribution is 2.23. The molecular formula is C11H9ClN2O. The molecule has 2 heterocycles. The lowest BCUT2D eigenvalue weighted by Crippen LogP contribution is -1.86. The summed E-state index contributed by atoms with van der Waals surface area (Å²) in [5, 5.41) is 0.468. The Morgan fingerprint density at radius 3 is 2.80 bits per heavy atom. The molecule has 2 aromatic heterocycles. The molecule has 0 aliphatic rings. The molecule has 76 valence electrons. The lowest BCUT2D eigenvalue weighted by Gasteiger charge is -2.03. The molecule has 0 atom stereocenters. The maximum absolute atomic E-state index is 5.81. The van der Waals surface area contributed by atoms with Crippen LogP contribution in [-0.2, 0) is 0 Å². The van der Waals surface area contributed by atoms with Gasteiger partial charge in [0.05, 0.1) is 13.3 Å². The first-order chi connectivity index (χ1) is 7.29. The Hall–Kier alpha value is -1.61. The summed E-state index contributed by atoms with van der Waals surface area (Å²) in [6.07, 6.45) is 5.08. The summed E-state index contributed by atoms with van der Waals surface area (Å²) in [6.45, 7) is 0. The van der Waals surface area contributed by atoms with Gasteiger partial charge in [-0.3, -0.25) is 4.98 Å². The van der Waals surface area contributed by atoms with Gasteiger partial charge in [0.1, 0.15) is 10.9 Å². The number of hydrogen-bond donors (Lipinski definition) is 0. The van der Waals surface area contributed by atoms with Gasteiger partial charge in [0.25, 0.3) is 0 Å². The van der Waals surface area contributed by atoms with E-state index in [4.69, 9.17) is 16.3 Å². The molecule has 0 bridgehead atoms.